The summed E-state index contributed by atoms with van der Waals surface area (Å²) in [7, 11) is 5.78. The average Bonchev–Trinajstić information content (AvgIpc) is 3.31. The Morgan fingerprint density at radius 3 is 2.35 bits per heavy atom. The molecule has 2 N–H and O–H groups in total. The Morgan fingerprint density at radius 1 is 1.03 bits per heavy atom. The van der Waals surface area contributed by atoms with Crippen molar-refractivity contribution >= 4 is 29.9 Å². The summed E-state index contributed by atoms with van der Waals surface area (Å²) in [6.45, 7) is 10.9. The van der Waals surface area contributed by atoms with Crippen LogP contribution in [0.5, 0.6) is 5.75 Å². The van der Waals surface area contributed by atoms with E-state index < -0.39 is 0 Å². The normalized spacial score (nSPS) is 20.7. The van der Waals surface area contributed by atoms with Crippen molar-refractivity contribution in [3.8, 4) is 5.75 Å². The number of benzene rings is 1. The van der Waals surface area contributed by atoms with E-state index in [1.54, 1.807) is 7.11 Å². The number of likely N-dealkylation sites (N-methyl/N-ethyl adjacent to an activating group) is 1. The molecule has 0 radical (unpaired) electrons. The summed E-state index contributed by atoms with van der Waals surface area (Å²) >= 11 is 0. The van der Waals surface area contributed by atoms with Gasteiger partial charge in [0.05, 0.1) is 13.2 Å². The van der Waals surface area contributed by atoms with E-state index in [-0.39, 0.29) is 24.0 Å². The maximum atomic E-state index is 5.46. The van der Waals surface area contributed by atoms with E-state index in [4.69, 9.17) is 4.74 Å². The van der Waals surface area contributed by atoms with Crippen molar-refractivity contribution in [3.63, 3.8) is 0 Å². The molecular formula is C23H41IN6O. The fraction of sp³-hybridized carbons (Fsp3) is 0.696. The molecule has 0 bridgehead atoms. The van der Waals surface area contributed by atoms with Crippen LogP contribution in [0.25, 0.3) is 0 Å². The van der Waals surface area contributed by atoms with Crippen LogP contribution >= 0.6 is 24.0 Å². The number of methoxy groups -OCH3 is 1. The highest BCUT2D eigenvalue weighted by Crippen LogP contribution is 2.27. The Bertz CT molecular complexity index is 674. The number of nitrogens with one attached hydrogen (secondary N) is 2. The van der Waals surface area contributed by atoms with Crippen LogP contribution in [-0.4, -0.2) is 100 Å². The Balaban J connectivity index is 0.00000341. The third-order valence-electron chi connectivity index (χ3n) is 6.47. The molecule has 2 fully saturated rings. The second kappa shape index (κ2) is 13.4. The molecule has 2 unspecified atom stereocenters. The van der Waals surface area contributed by atoms with Crippen molar-refractivity contribution in [2.75, 3.05) is 73.6 Å². The summed E-state index contributed by atoms with van der Waals surface area (Å²) in [5.41, 5.74) is 1.30. The second-order valence-corrected chi connectivity index (χ2v) is 8.56. The number of guanidine groups is 1. The fourth-order valence-corrected chi connectivity index (χ4v) is 4.41. The zero-order valence-corrected chi connectivity index (χ0v) is 22.0. The van der Waals surface area contributed by atoms with Crippen LogP contribution in [0, 0.1) is 0 Å². The van der Waals surface area contributed by atoms with Crippen LogP contribution in [0.1, 0.15) is 31.4 Å². The number of piperazine rings is 1. The Hall–Kier alpha value is -1.10. The Kier molecular flexibility index (Phi) is 11.3. The quantitative estimate of drug-likeness (QED) is 0.298. The van der Waals surface area contributed by atoms with Crippen LogP contribution in [0.3, 0.4) is 0 Å². The van der Waals surface area contributed by atoms with Crippen molar-refractivity contribution in [2.45, 2.75) is 31.8 Å². The monoisotopic (exact) mass is 544 g/mol. The molecule has 0 amide bonds. The van der Waals surface area contributed by atoms with E-state index in [1.807, 2.05) is 13.1 Å². The molecule has 0 spiro atoms. The van der Waals surface area contributed by atoms with Gasteiger partial charge in [-0.25, -0.2) is 0 Å². The van der Waals surface area contributed by atoms with Gasteiger partial charge in [0.25, 0.3) is 0 Å². The van der Waals surface area contributed by atoms with Gasteiger partial charge in [0.1, 0.15) is 5.75 Å². The summed E-state index contributed by atoms with van der Waals surface area (Å²) < 4.78 is 5.46. The van der Waals surface area contributed by atoms with Gasteiger partial charge >= 0.3 is 0 Å². The van der Waals surface area contributed by atoms with Crippen molar-refractivity contribution in [2.24, 2.45) is 4.99 Å². The highest BCUT2D eigenvalue weighted by Gasteiger charge is 2.24. The lowest BCUT2D eigenvalue weighted by atomic mass is 10.1. The van der Waals surface area contributed by atoms with Crippen molar-refractivity contribution in [1.29, 1.82) is 0 Å². The summed E-state index contributed by atoms with van der Waals surface area (Å²) in [4.78, 5) is 12.0. The Morgan fingerprint density at radius 2 is 1.71 bits per heavy atom. The molecular weight excluding hydrogens is 503 g/mol. The standard InChI is InChI=1S/C23H40N6O.HI/c1-19(28-14-12-27(3)13-15-28)17-25-23(24-2)26-18-22(29-10-5-6-11-29)20-8-7-9-21(16-20)30-4;/h7-9,16,19,22H,5-6,10-15,17-18H2,1-4H3,(H2,24,25,26);1H. The molecule has 1 aromatic carbocycles. The van der Waals surface area contributed by atoms with E-state index in [9.17, 15) is 0 Å². The van der Waals surface area contributed by atoms with E-state index in [1.165, 1.54) is 18.4 Å². The van der Waals surface area contributed by atoms with Gasteiger partial charge in [-0.15, -0.1) is 24.0 Å². The molecule has 0 aliphatic carbocycles. The molecule has 31 heavy (non-hydrogen) atoms. The molecule has 7 nitrogen and oxygen atoms in total. The van der Waals surface area contributed by atoms with Crippen LogP contribution in [0.4, 0.5) is 0 Å². The lowest BCUT2D eigenvalue weighted by Crippen LogP contribution is -2.52. The number of halogens is 1. The third kappa shape index (κ3) is 7.76. The maximum absolute atomic E-state index is 5.46. The van der Waals surface area contributed by atoms with E-state index >= 15 is 0 Å². The molecule has 2 heterocycles. The Labute approximate surface area is 205 Å². The van der Waals surface area contributed by atoms with Gasteiger partial charge in [0.15, 0.2) is 5.96 Å². The predicted molar refractivity (Wildman–Crippen MR) is 140 cm³/mol. The summed E-state index contributed by atoms with van der Waals surface area (Å²) in [6.07, 6.45) is 2.55. The fourth-order valence-electron chi connectivity index (χ4n) is 4.41. The minimum absolute atomic E-state index is 0. The highest BCUT2D eigenvalue weighted by atomic mass is 127. The van der Waals surface area contributed by atoms with Crippen molar-refractivity contribution < 1.29 is 4.74 Å². The van der Waals surface area contributed by atoms with Crippen LogP contribution in [0.15, 0.2) is 29.3 Å². The number of rotatable bonds is 8. The van der Waals surface area contributed by atoms with E-state index in [0.29, 0.717) is 12.1 Å². The third-order valence-corrected chi connectivity index (χ3v) is 6.47. The summed E-state index contributed by atoms with van der Waals surface area (Å²) in [5.74, 6) is 1.79. The zero-order chi connectivity index (χ0) is 21.3. The largest absolute Gasteiger partial charge is 0.497 e. The average molecular weight is 545 g/mol. The van der Waals surface area contributed by atoms with E-state index in [2.05, 4.69) is 62.5 Å². The lowest BCUT2D eigenvalue weighted by Gasteiger charge is -2.36. The van der Waals surface area contributed by atoms with Crippen LogP contribution < -0.4 is 15.4 Å². The van der Waals surface area contributed by atoms with Gasteiger partial charge in [-0.05, 0) is 57.6 Å². The summed E-state index contributed by atoms with van der Waals surface area (Å²) in [6, 6.07) is 9.27. The van der Waals surface area contributed by atoms with Gasteiger partial charge in [0, 0.05) is 52.4 Å². The van der Waals surface area contributed by atoms with Gasteiger partial charge < -0.3 is 20.3 Å². The molecule has 2 atom stereocenters. The molecule has 8 heteroatoms. The van der Waals surface area contributed by atoms with Gasteiger partial charge in [-0.2, -0.15) is 0 Å². The van der Waals surface area contributed by atoms with Crippen molar-refractivity contribution in [3.05, 3.63) is 29.8 Å². The van der Waals surface area contributed by atoms with Gasteiger partial charge in [-0.1, -0.05) is 12.1 Å². The first-order chi connectivity index (χ1) is 14.6. The van der Waals surface area contributed by atoms with E-state index in [0.717, 1.165) is 64.1 Å². The summed E-state index contributed by atoms with van der Waals surface area (Å²) in [5, 5.41) is 7.12. The second-order valence-electron chi connectivity index (χ2n) is 8.56. The number of ether oxygens (including phenoxy) is 1. The molecule has 0 aromatic heterocycles. The predicted octanol–water partition coefficient (Wildman–Crippen LogP) is 2.25. The topological polar surface area (TPSA) is 55.4 Å². The number of nitrogens with zero attached hydrogens (tertiary/aromatic N) is 4. The maximum Gasteiger partial charge on any atom is 0.191 e. The first-order valence-corrected chi connectivity index (χ1v) is 11.4. The number of hydrogen-bond donors (Lipinski definition) is 2. The molecule has 2 aliphatic heterocycles. The lowest BCUT2D eigenvalue weighted by molar-refractivity contribution is 0.120. The minimum Gasteiger partial charge on any atom is -0.497 e. The molecule has 0 saturated carbocycles. The van der Waals surface area contributed by atoms with Crippen molar-refractivity contribution in [1.82, 2.24) is 25.3 Å². The zero-order valence-electron chi connectivity index (χ0n) is 19.6. The number of hydrogen-bond acceptors (Lipinski definition) is 5. The molecule has 1 aromatic rings. The SMILES string of the molecule is CN=C(NCC(C)N1CCN(C)CC1)NCC(c1cccc(OC)c1)N1CCCC1.I. The molecule has 176 valence electrons. The number of likely N-dealkylation sites (tertiary alicyclic amines) is 1. The highest BCUT2D eigenvalue weighted by molar-refractivity contribution is 14.0. The number of aliphatic imine (C=N–C) groups is 1. The van der Waals surface area contributed by atoms with Crippen LogP contribution in [0.2, 0.25) is 0 Å². The molecule has 2 aliphatic rings. The van der Waals surface area contributed by atoms with Gasteiger partial charge in [-0.3, -0.25) is 14.8 Å². The molecule has 2 saturated heterocycles. The van der Waals surface area contributed by atoms with Gasteiger partial charge in [0.2, 0.25) is 0 Å². The first-order valence-electron chi connectivity index (χ1n) is 11.4. The minimum atomic E-state index is 0. The smallest absolute Gasteiger partial charge is 0.191 e. The molecule has 3 rings (SSSR count). The van der Waals surface area contributed by atoms with Crippen LogP contribution in [-0.2, 0) is 0 Å². The first kappa shape index (κ1) is 26.2.